The van der Waals surface area contributed by atoms with E-state index in [0.717, 1.165) is 6.07 Å². The second kappa shape index (κ2) is 5.50. The van der Waals surface area contributed by atoms with E-state index in [1.807, 2.05) is 0 Å². The van der Waals surface area contributed by atoms with Gasteiger partial charge in [0.25, 0.3) is 0 Å². The molecular weight excluding hydrogens is 276 g/mol. The molecular formula is C14H10F4O2. The standard InChI is InChI=1S/C14H10F4O2/c15-13-7-10(9-3-5-12(19)6-4-9)1-2-11(13)8-20-14(16,17)18/h1-7,19H,8H2. The van der Waals surface area contributed by atoms with E-state index < -0.39 is 18.8 Å². The molecule has 0 aliphatic rings. The van der Waals surface area contributed by atoms with Crippen molar-refractivity contribution in [3.63, 3.8) is 0 Å². The lowest BCUT2D eigenvalue weighted by Crippen LogP contribution is -2.13. The van der Waals surface area contributed by atoms with Crippen LogP contribution in [0.15, 0.2) is 42.5 Å². The van der Waals surface area contributed by atoms with Crippen molar-refractivity contribution in [2.75, 3.05) is 0 Å². The Labute approximate surface area is 112 Å². The van der Waals surface area contributed by atoms with Crippen molar-refractivity contribution in [3.05, 3.63) is 53.8 Å². The van der Waals surface area contributed by atoms with Gasteiger partial charge >= 0.3 is 6.36 Å². The van der Waals surface area contributed by atoms with E-state index in [0.29, 0.717) is 11.1 Å². The predicted octanol–water partition coefficient (Wildman–Crippen LogP) is 4.23. The molecule has 0 unspecified atom stereocenters. The number of hydrogen-bond acceptors (Lipinski definition) is 2. The summed E-state index contributed by atoms with van der Waals surface area (Å²) in [6.07, 6.45) is -4.79. The minimum absolute atomic E-state index is 0.0735. The number of phenols is 1. The van der Waals surface area contributed by atoms with Crippen LogP contribution in [-0.4, -0.2) is 11.5 Å². The van der Waals surface area contributed by atoms with Crippen LogP contribution in [0.1, 0.15) is 5.56 Å². The third kappa shape index (κ3) is 3.71. The lowest BCUT2D eigenvalue weighted by molar-refractivity contribution is -0.330. The van der Waals surface area contributed by atoms with Crippen LogP contribution in [0.25, 0.3) is 11.1 Å². The maximum absolute atomic E-state index is 13.7. The van der Waals surface area contributed by atoms with Crippen molar-refractivity contribution in [2.24, 2.45) is 0 Å². The molecule has 0 aliphatic heterocycles. The molecule has 2 aromatic carbocycles. The Morgan fingerprint density at radius 2 is 1.55 bits per heavy atom. The Morgan fingerprint density at radius 3 is 2.10 bits per heavy atom. The van der Waals surface area contributed by atoms with Crippen LogP contribution in [0, 0.1) is 5.82 Å². The normalized spacial score (nSPS) is 11.6. The monoisotopic (exact) mass is 286 g/mol. The SMILES string of the molecule is Oc1ccc(-c2ccc(COC(F)(F)F)c(F)c2)cc1. The van der Waals surface area contributed by atoms with Crippen LogP contribution < -0.4 is 0 Å². The van der Waals surface area contributed by atoms with Gasteiger partial charge in [0, 0.05) is 5.56 Å². The van der Waals surface area contributed by atoms with Crippen LogP contribution in [0.4, 0.5) is 17.6 Å². The zero-order valence-corrected chi connectivity index (χ0v) is 10.1. The highest BCUT2D eigenvalue weighted by Gasteiger charge is 2.29. The first kappa shape index (κ1) is 14.3. The number of aromatic hydroxyl groups is 1. The maximum Gasteiger partial charge on any atom is 0.522 e. The summed E-state index contributed by atoms with van der Waals surface area (Å²) in [5.41, 5.74) is 0.966. The molecule has 106 valence electrons. The van der Waals surface area contributed by atoms with E-state index >= 15 is 0 Å². The molecule has 0 fully saturated rings. The molecule has 0 aliphatic carbocycles. The van der Waals surface area contributed by atoms with Crippen molar-refractivity contribution in [2.45, 2.75) is 13.0 Å². The molecule has 0 heterocycles. The minimum atomic E-state index is -4.79. The molecule has 0 atom stereocenters. The van der Waals surface area contributed by atoms with Gasteiger partial charge in [-0.3, -0.25) is 4.74 Å². The summed E-state index contributed by atoms with van der Waals surface area (Å²) in [6, 6.07) is 9.89. The first-order chi connectivity index (χ1) is 9.35. The van der Waals surface area contributed by atoms with Crippen molar-refractivity contribution in [1.29, 1.82) is 0 Å². The third-order valence-corrected chi connectivity index (χ3v) is 2.65. The summed E-state index contributed by atoms with van der Waals surface area (Å²) < 4.78 is 52.9. The number of ether oxygens (including phenoxy) is 1. The minimum Gasteiger partial charge on any atom is -0.508 e. The fraction of sp³-hybridized carbons (Fsp3) is 0.143. The fourth-order valence-electron chi connectivity index (χ4n) is 1.66. The third-order valence-electron chi connectivity index (χ3n) is 2.65. The average Bonchev–Trinajstić information content (AvgIpc) is 2.37. The van der Waals surface area contributed by atoms with Crippen LogP contribution in [0.5, 0.6) is 5.75 Å². The summed E-state index contributed by atoms with van der Waals surface area (Å²) >= 11 is 0. The second-order valence-corrected chi connectivity index (χ2v) is 4.09. The van der Waals surface area contributed by atoms with E-state index in [2.05, 4.69) is 4.74 Å². The molecule has 0 radical (unpaired) electrons. The lowest BCUT2D eigenvalue weighted by Gasteiger charge is -2.09. The van der Waals surface area contributed by atoms with E-state index in [1.165, 1.54) is 24.3 Å². The molecule has 0 saturated heterocycles. The van der Waals surface area contributed by atoms with E-state index in [9.17, 15) is 17.6 Å². The molecule has 0 amide bonds. The molecule has 2 rings (SSSR count). The molecule has 2 aromatic rings. The van der Waals surface area contributed by atoms with Gasteiger partial charge in [0.05, 0.1) is 6.61 Å². The molecule has 0 saturated carbocycles. The summed E-state index contributed by atoms with van der Waals surface area (Å²) in [4.78, 5) is 0. The van der Waals surface area contributed by atoms with E-state index in [-0.39, 0.29) is 11.3 Å². The van der Waals surface area contributed by atoms with Crippen LogP contribution in [0.2, 0.25) is 0 Å². The lowest BCUT2D eigenvalue weighted by atomic mass is 10.0. The Morgan fingerprint density at radius 1 is 0.950 bits per heavy atom. The van der Waals surface area contributed by atoms with Gasteiger partial charge in [0.2, 0.25) is 0 Å². The number of halogens is 4. The predicted molar refractivity (Wildman–Crippen MR) is 64.3 cm³/mol. The van der Waals surface area contributed by atoms with Gasteiger partial charge in [0.1, 0.15) is 11.6 Å². The first-order valence-electron chi connectivity index (χ1n) is 5.64. The van der Waals surface area contributed by atoms with Crippen molar-refractivity contribution >= 4 is 0 Å². The average molecular weight is 286 g/mol. The summed E-state index contributed by atoms with van der Waals surface area (Å²) in [6.45, 7) is -0.870. The zero-order chi connectivity index (χ0) is 14.8. The molecule has 1 N–H and O–H groups in total. The van der Waals surface area contributed by atoms with Crippen LogP contribution in [-0.2, 0) is 11.3 Å². The molecule has 6 heteroatoms. The number of rotatable bonds is 3. The first-order valence-corrected chi connectivity index (χ1v) is 5.64. The molecule has 2 nitrogen and oxygen atoms in total. The topological polar surface area (TPSA) is 29.5 Å². The molecule has 0 bridgehead atoms. The number of hydrogen-bond donors (Lipinski definition) is 1. The smallest absolute Gasteiger partial charge is 0.508 e. The van der Waals surface area contributed by atoms with Gasteiger partial charge in [-0.1, -0.05) is 24.3 Å². The van der Waals surface area contributed by atoms with Gasteiger partial charge in [0.15, 0.2) is 0 Å². The maximum atomic E-state index is 13.7. The Balaban J connectivity index is 2.19. The quantitative estimate of drug-likeness (QED) is 0.855. The van der Waals surface area contributed by atoms with Gasteiger partial charge in [-0.05, 0) is 29.3 Å². The Bertz CT molecular complexity index is 591. The summed E-state index contributed by atoms with van der Waals surface area (Å²) in [7, 11) is 0. The highest BCUT2D eigenvalue weighted by molar-refractivity contribution is 5.64. The molecule has 20 heavy (non-hydrogen) atoms. The number of phenolic OH excluding ortho intramolecular Hbond substituents is 1. The highest BCUT2D eigenvalue weighted by atomic mass is 19.4. The fourth-order valence-corrected chi connectivity index (χ4v) is 1.66. The Hall–Kier alpha value is -2.08. The van der Waals surface area contributed by atoms with Crippen molar-refractivity contribution in [1.82, 2.24) is 0 Å². The second-order valence-electron chi connectivity index (χ2n) is 4.09. The largest absolute Gasteiger partial charge is 0.522 e. The van der Waals surface area contributed by atoms with Crippen molar-refractivity contribution in [3.8, 4) is 16.9 Å². The van der Waals surface area contributed by atoms with Crippen LogP contribution >= 0.6 is 0 Å². The summed E-state index contributed by atoms with van der Waals surface area (Å²) in [5.74, 6) is -0.704. The van der Waals surface area contributed by atoms with E-state index in [4.69, 9.17) is 5.11 Å². The van der Waals surface area contributed by atoms with Gasteiger partial charge in [-0.2, -0.15) is 0 Å². The molecule has 0 spiro atoms. The van der Waals surface area contributed by atoms with Gasteiger partial charge in [-0.15, -0.1) is 13.2 Å². The van der Waals surface area contributed by atoms with Crippen LogP contribution in [0.3, 0.4) is 0 Å². The van der Waals surface area contributed by atoms with Gasteiger partial charge < -0.3 is 5.11 Å². The highest BCUT2D eigenvalue weighted by Crippen LogP contribution is 2.25. The number of alkyl halides is 3. The summed E-state index contributed by atoms with van der Waals surface area (Å²) in [5, 5.41) is 9.15. The van der Waals surface area contributed by atoms with Gasteiger partial charge in [-0.25, -0.2) is 4.39 Å². The Kier molecular flexibility index (Phi) is 3.94. The zero-order valence-electron chi connectivity index (χ0n) is 10.1. The van der Waals surface area contributed by atoms with E-state index in [1.54, 1.807) is 12.1 Å². The molecule has 0 aromatic heterocycles. The number of benzene rings is 2. The van der Waals surface area contributed by atoms with Crippen molar-refractivity contribution < 1.29 is 27.4 Å².